The highest BCUT2D eigenvalue weighted by Gasteiger charge is 2.26. The van der Waals surface area contributed by atoms with Crippen LogP contribution in [-0.4, -0.2) is 37.3 Å². The minimum absolute atomic E-state index is 0.0392. The van der Waals surface area contributed by atoms with E-state index in [-0.39, 0.29) is 12.0 Å². The maximum Gasteiger partial charge on any atom is 0.233 e. The highest BCUT2D eigenvalue weighted by atomic mass is 32.1. The lowest BCUT2D eigenvalue weighted by Gasteiger charge is -2.23. The van der Waals surface area contributed by atoms with Crippen LogP contribution in [0.2, 0.25) is 0 Å². The van der Waals surface area contributed by atoms with Crippen LogP contribution >= 0.6 is 11.3 Å². The van der Waals surface area contributed by atoms with Crippen molar-refractivity contribution in [2.24, 2.45) is 0 Å². The molecule has 3 aromatic rings. The van der Waals surface area contributed by atoms with Gasteiger partial charge < -0.3 is 9.47 Å². The number of carbonyl (C=O) groups is 1. The molecule has 2 aromatic carbocycles. The number of rotatable bonds is 6. The number of hydrogen-bond donors (Lipinski definition) is 0. The van der Waals surface area contributed by atoms with Crippen LogP contribution in [0, 0.1) is 6.92 Å². The van der Waals surface area contributed by atoms with Crippen molar-refractivity contribution in [2.75, 3.05) is 25.2 Å². The topological polar surface area (TPSA) is 51.7 Å². The van der Waals surface area contributed by atoms with Crippen LogP contribution in [0.3, 0.4) is 0 Å². The second-order valence-corrected chi connectivity index (χ2v) is 8.11. The monoisotopic (exact) mass is 396 g/mol. The van der Waals surface area contributed by atoms with Gasteiger partial charge in [-0.25, -0.2) is 4.98 Å². The van der Waals surface area contributed by atoms with Crippen LogP contribution in [0.15, 0.2) is 42.5 Å². The molecule has 5 nitrogen and oxygen atoms in total. The summed E-state index contributed by atoms with van der Waals surface area (Å²) in [7, 11) is 1.64. The summed E-state index contributed by atoms with van der Waals surface area (Å²) in [6, 6.07) is 13.9. The Kier molecular flexibility index (Phi) is 5.59. The van der Waals surface area contributed by atoms with Gasteiger partial charge in [0, 0.05) is 6.61 Å². The Bertz CT molecular complexity index is 962. The Hall–Kier alpha value is -2.44. The number of aromatic nitrogens is 1. The second kappa shape index (κ2) is 8.29. The lowest BCUT2D eigenvalue weighted by atomic mass is 10.1. The largest absolute Gasteiger partial charge is 0.494 e. The summed E-state index contributed by atoms with van der Waals surface area (Å²) in [6.45, 7) is 3.34. The predicted molar refractivity (Wildman–Crippen MR) is 112 cm³/mol. The molecule has 0 aliphatic carbocycles. The lowest BCUT2D eigenvalue weighted by molar-refractivity contribution is -0.118. The second-order valence-electron chi connectivity index (χ2n) is 7.11. The summed E-state index contributed by atoms with van der Waals surface area (Å²) < 4.78 is 12.2. The number of hydrogen-bond acceptors (Lipinski definition) is 5. The SMILES string of the molecule is COc1cccc2sc(N(CC3CCCO3)C(=O)Cc3ccc(C)cc3)nc12. The standard InChI is InChI=1S/C22H24N2O3S/c1-15-8-10-16(11-9-15)13-20(25)24(14-17-5-4-12-27-17)22-23-21-18(26-2)6-3-7-19(21)28-22/h3,6-11,17H,4-5,12-14H2,1-2H3. The van der Waals surface area contributed by atoms with E-state index in [9.17, 15) is 4.79 Å². The molecular formula is C22H24N2O3S. The first-order valence-electron chi connectivity index (χ1n) is 9.55. The third-order valence-electron chi connectivity index (χ3n) is 5.01. The molecule has 0 N–H and O–H groups in total. The van der Waals surface area contributed by atoms with Gasteiger partial charge in [-0.1, -0.05) is 47.2 Å². The maximum absolute atomic E-state index is 13.2. The lowest BCUT2D eigenvalue weighted by Crippen LogP contribution is -2.38. The fourth-order valence-corrected chi connectivity index (χ4v) is 4.46. The third-order valence-corrected chi connectivity index (χ3v) is 6.05. The molecule has 0 radical (unpaired) electrons. The summed E-state index contributed by atoms with van der Waals surface area (Å²) in [5.74, 6) is 0.764. The van der Waals surface area contributed by atoms with E-state index in [0.717, 1.165) is 41.0 Å². The highest BCUT2D eigenvalue weighted by molar-refractivity contribution is 7.22. The Morgan fingerprint density at radius 1 is 1.29 bits per heavy atom. The number of methoxy groups -OCH3 is 1. The molecule has 146 valence electrons. The van der Waals surface area contributed by atoms with Crippen molar-refractivity contribution < 1.29 is 14.3 Å². The van der Waals surface area contributed by atoms with Crippen LogP contribution in [0.5, 0.6) is 5.75 Å². The first-order chi connectivity index (χ1) is 13.6. The molecule has 1 amide bonds. The Morgan fingerprint density at radius 3 is 2.82 bits per heavy atom. The first-order valence-corrected chi connectivity index (χ1v) is 10.4. The molecule has 1 unspecified atom stereocenters. The first kappa shape index (κ1) is 18.9. The molecular weight excluding hydrogens is 372 g/mol. The number of carbonyl (C=O) groups excluding carboxylic acids is 1. The number of thiazole rings is 1. The molecule has 1 aromatic heterocycles. The van der Waals surface area contributed by atoms with E-state index in [4.69, 9.17) is 14.5 Å². The fourth-order valence-electron chi connectivity index (χ4n) is 3.45. The fraction of sp³-hybridized carbons (Fsp3) is 0.364. The number of nitrogens with zero attached hydrogens (tertiary/aromatic N) is 2. The quantitative estimate of drug-likeness (QED) is 0.621. The van der Waals surface area contributed by atoms with Crippen LogP contribution in [0.25, 0.3) is 10.2 Å². The Labute approximate surface area is 168 Å². The smallest absolute Gasteiger partial charge is 0.233 e. The molecule has 1 fully saturated rings. The Balaban J connectivity index is 1.64. The highest BCUT2D eigenvalue weighted by Crippen LogP contribution is 2.34. The van der Waals surface area contributed by atoms with Gasteiger partial charge >= 0.3 is 0 Å². The van der Waals surface area contributed by atoms with Crippen molar-refractivity contribution in [3.05, 3.63) is 53.6 Å². The molecule has 28 heavy (non-hydrogen) atoms. The van der Waals surface area contributed by atoms with Gasteiger partial charge in [0.1, 0.15) is 11.3 Å². The number of ether oxygens (including phenoxy) is 2. The zero-order valence-corrected chi connectivity index (χ0v) is 17.0. The molecule has 1 aliphatic rings. The average Bonchev–Trinajstić information content (AvgIpc) is 3.36. The van der Waals surface area contributed by atoms with Gasteiger partial charge in [0.15, 0.2) is 5.13 Å². The number of amides is 1. The average molecular weight is 397 g/mol. The van der Waals surface area contributed by atoms with E-state index < -0.39 is 0 Å². The molecule has 6 heteroatoms. The predicted octanol–water partition coefficient (Wildman–Crippen LogP) is 4.37. The number of aryl methyl sites for hydroxylation is 1. The summed E-state index contributed by atoms with van der Waals surface area (Å²) in [5, 5.41) is 0.701. The zero-order chi connectivity index (χ0) is 19.5. The van der Waals surface area contributed by atoms with Gasteiger partial charge in [0.2, 0.25) is 5.91 Å². The van der Waals surface area contributed by atoms with Gasteiger partial charge in [-0.15, -0.1) is 0 Å². The number of fused-ring (bicyclic) bond motifs is 1. The number of anilines is 1. The molecule has 1 aliphatic heterocycles. The minimum atomic E-state index is 0.0392. The van der Waals surface area contributed by atoms with Crippen LogP contribution in [0.1, 0.15) is 24.0 Å². The minimum Gasteiger partial charge on any atom is -0.494 e. The van der Waals surface area contributed by atoms with E-state index in [1.165, 1.54) is 16.9 Å². The van der Waals surface area contributed by atoms with Crippen LogP contribution < -0.4 is 9.64 Å². The van der Waals surface area contributed by atoms with Gasteiger partial charge in [-0.2, -0.15) is 0 Å². The number of benzene rings is 2. The van der Waals surface area contributed by atoms with Gasteiger partial charge in [0.05, 0.1) is 30.9 Å². The van der Waals surface area contributed by atoms with Crippen molar-refractivity contribution in [2.45, 2.75) is 32.3 Å². The molecule has 1 atom stereocenters. The van der Waals surface area contributed by atoms with Crippen molar-refractivity contribution in [3.8, 4) is 5.75 Å². The van der Waals surface area contributed by atoms with Gasteiger partial charge in [0.25, 0.3) is 0 Å². The van der Waals surface area contributed by atoms with E-state index >= 15 is 0 Å². The van der Waals surface area contributed by atoms with E-state index in [1.54, 1.807) is 12.0 Å². The van der Waals surface area contributed by atoms with Crippen LogP contribution in [0.4, 0.5) is 5.13 Å². The molecule has 0 bridgehead atoms. The summed E-state index contributed by atoms with van der Waals surface area (Å²) in [5.41, 5.74) is 2.99. The van der Waals surface area contributed by atoms with Crippen molar-refractivity contribution in [1.29, 1.82) is 0 Å². The normalized spacial score (nSPS) is 16.4. The zero-order valence-electron chi connectivity index (χ0n) is 16.2. The van der Waals surface area contributed by atoms with E-state index in [1.807, 2.05) is 49.4 Å². The van der Waals surface area contributed by atoms with Crippen molar-refractivity contribution in [1.82, 2.24) is 4.98 Å². The summed E-state index contributed by atoms with van der Waals surface area (Å²) in [4.78, 5) is 19.8. The molecule has 2 heterocycles. The Morgan fingerprint density at radius 2 is 2.11 bits per heavy atom. The van der Waals surface area contributed by atoms with Crippen molar-refractivity contribution >= 4 is 32.6 Å². The third kappa shape index (κ3) is 4.03. The van der Waals surface area contributed by atoms with E-state index in [2.05, 4.69) is 0 Å². The van der Waals surface area contributed by atoms with Crippen LogP contribution in [-0.2, 0) is 16.0 Å². The van der Waals surface area contributed by atoms with Gasteiger partial charge in [-0.3, -0.25) is 9.69 Å². The molecule has 1 saturated heterocycles. The summed E-state index contributed by atoms with van der Waals surface area (Å²) >= 11 is 1.52. The van der Waals surface area contributed by atoms with E-state index in [0.29, 0.717) is 18.1 Å². The molecule has 4 rings (SSSR count). The summed E-state index contributed by atoms with van der Waals surface area (Å²) in [6.07, 6.45) is 2.43. The molecule has 0 spiro atoms. The number of para-hydroxylation sites is 1. The van der Waals surface area contributed by atoms with Gasteiger partial charge in [-0.05, 0) is 37.5 Å². The molecule has 0 saturated carbocycles. The maximum atomic E-state index is 13.2. The van der Waals surface area contributed by atoms with Crippen molar-refractivity contribution in [3.63, 3.8) is 0 Å².